The van der Waals surface area contributed by atoms with Crippen LogP contribution in [0.2, 0.25) is 0 Å². The van der Waals surface area contributed by atoms with Crippen LogP contribution in [0.25, 0.3) is 66.6 Å². The highest BCUT2D eigenvalue weighted by molar-refractivity contribution is 6.08. The van der Waals surface area contributed by atoms with Crippen molar-refractivity contribution in [3.05, 3.63) is 144 Å². The van der Waals surface area contributed by atoms with E-state index in [1.54, 1.807) is 6.20 Å². The van der Waals surface area contributed by atoms with Crippen LogP contribution in [-0.4, -0.2) is 61.5 Å². The van der Waals surface area contributed by atoms with E-state index in [4.69, 9.17) is 14.7 Å². The number of likely N-dealkylation sites (tertiary alicyclic amines) is 2. The van der Waals surface area contributed by atoms with Crippen LogP contribution < -0.4 is 4.74 Å². The van der Waals surface area contributed by atoms with Gasteiger partial charge in [0, 0.05) is 52.8 Å². The Morgan fingerprint density at radius 3 is 2.08 bits per heavy atom. The van der Waals surface area contributed by atoms with Gasteiger partial charge in [0.1, 0.15) is 11.6 Å². The second-order valence-corrected chi connectivity index (χ2v) is 17.7. The molecule has 3 aromatic heterocycles. The van der Waals surface area contributed by atoms with Crippen LogP contribution >= 0.6 is 0 Å². The smallest absolute Gasteiger partial charge is 0.344 e. The van der Waals surface area contributed by atoms with E-state index in [-0.39, 0.29) is 0 Å². The van der Waals surface area contributed by atoms with E-state index < -0.39 is 5.97 Å². The highest BCUT2D eigenvalue weighted by atomic mass is 16.5. The summed E-state index contributed by atoms with van der Waals surface area (Å²) in [6.45, 7) is 6.46. The molecule has 2 aliphatic heterocycles. The van der Waals surface area contributed by atoms with Crippen LogP contribution in [0.1, 0.15) is 85.3 Å². The van der Waals surface area contributed by atoms with Crippen LogP contribution in [0.15, 0.2) is 128 Å². The Bertz CT molecular complexity index is 2940. The van der Waals surface area contributed by atoms with E-state index in [1.165, 1.54) is 69.2 Å². The van der Waals surface area contributed by atoms with Crippen molar-refractivity contribution in [1.82, 2.24) is 29.3 Å². The lowest BCUT2D eigenvalue weighted by atomic mass is 9.94. The Balaban J connectivity index is 1.02. The molecule has 0 radical (unpaired) electrons. The van der Waals surface area contributed by atoms with Gasteiger partial charge in [0.15, 0.2) is 0 Å². The van der Waals surface area contributed by atoms with E-state index in [0.29, 0.717) is 17.4 Å². The molecule has 0 atom stereocenters. The first kappa shape index (κ1) is 38.7. The number of ether oxygens (including phenoxy) is 1. The molecule has 0 amide bonds. The van der Waals surface area contributed by atoms with Crippen LogP contribution in [0.5, 0.6) is 5.75 Å². The quantitative estimate of drug-likeness (QED) is 0.100. The zero-order valence-corrected chi connectivity index (χ0v) is 35.3. The number of pyridine rings is 2. The molecule has 0 bridgehead atoms. The molecular weight excluding hydrogens is 765 g/mol. The summed E-state index contributed by atoms with van der Waals surface area (Å²) >= 11 is 0. The van der Waals surface area contributed by atoms with Crippen molar-refractivity contribution in [3.8, 4) is 39.5 Å². The molecule has 0 spiro atoms. The van der Waals surface area contributed by atoms with Gasteiger partial charge in [-0.2, -0.15) is 0 Å². The van der Waals surface area contributed by atoms with Crippen molar-refractivity contribution in [3.63, 3.8) is 0 Å². The zero-order chi connectivity index (χ0) is 41.4. The predicted molar refractivity (Wildman–Crippen MR) is 249 cm³/mol. The molecule has 0 unspecified atom stereocenters. The van der Waals surface area contributed by atoms with Crippen LogP contribution in [0.4, 0.5) is 0 Å². The fourth-order valence-corrected chi connectivity index (χ4v) is 10.3. The average Bonchev–Trinajstić information content (AvgIpc) is 4.11. The average molecular weight is 817 g/mol. The van der Waals surface area contributed by atoms with Gasteiger partial charge < -0.3 is 9.30 Å². The van der Waals surface area contributed by atoms with E-state index in [9.17, 15) is 4.79 Å². The van der Waals surface area contributed by atoms with Crippen molar-refractivity contribution in [2.24, 2.45) is 0 Å². The van der Waals surface area contributed by atoms with Gasteiger partial charge in [-0.3, -0.25) is 14.8 Å². The van der Waals surface area contributed by atoms with Gasteiger partial charge in [-0.15, -0.1) is 0 Å². The second-order valence-electron chi connectivity index (χ2n) is 17.7. The predicted octanol–water partition coefficient (Wildman–Crippen LogP) is 12.0. The topological polar surface area (TPSA) is 76.4 Å². The highest BCUT2D eigenvalue weighted by Gasteiger charge is 2.28. The molecule has 8 aromatic rings. The maximum atomic E-state index is 14.5. The molecule has 3 aliphatic rings. The number of rotatable bonds is 10. The summed E-state index contributed by atoms with van der Waals surface area (Å²) in [7, 11) is 0. The highest BCUT2D eigenvalue weighted by Crippen LogP contribution is 2.41. The van der Waals surface area contributed by atoms with Crippen molar-refractivity contribution >= 4 is 38.8 Å². The van der Waals surface area contributed by atoms with Gasteiger partial charge in [0.25, 0.3) is 0 Å². The first-order chi connectivity index (χ1) is 30.6. The summed E-state index contributed by atoms with van der Waals surface area (Å²) in [5.74, 6) is 1.01. The van der Waals surface area contributed by atoms with E-state index in [1.807, 2.05) is 36.4 Å². The van der Waals surface area contributed by atoms with Crippen molar-refractivity contribution in [1.29, 1.82) is 0 Å². The lowest BCUT2D eigenvalue weighted by Gasteiger charge is -2.26. The number of fused-ring (bicyclic) bond motifs is 3. The standard InChI is InChI=1S/C54H52N6O2/c61-54(62-45-20-24-47-40(34-45)15-10-26-55-47)46-21-25-50-52(51(46)42-14-9-12-38(32-42)36-59-29-6-7-30-59)57-53(60(50)44-16-2-1-3-17-44)43-19-23-49-41(33-43)18-22-48(56-49)39-13-8-11-37(31-39)35-58-27-4-5-28-58/h8-15,18-26,31-34,44H,1-7,16-17,27-30,35-36H2. The Morgan fingerprint density at radius 2 is 1.31 bits per heavy atom. The first-order valence-corrected chi connectivity index (χ1v) is 22.8. The molecule has 5 heterocycles. The van der Waals surface area contributed by atoms with Gasteiger partial charge in [0.05, 0.1) is 33.3 Å². The Morgan fingerprint density at radius 1 is 0.597 bits per heavy atom. The van der Waals surface area contributed by atoms with Gasteiger partial charge in [0.2, 0.25) is 0 Å². The molecule has 1 saturated carbocycles. The number of benzene rings is 5. The summed E-state index contributed by atoms with van der Waals surface area (Å²) in [5.41, 5.74) is 11.7. The number of carbonyl (C=O) groups is 1. The Labute approximate surface area is 363 Å². The second kappa shape index (κ2) is 16.9. The molecule has 3 fully saturated rings. The molecule has 11 rings (SSSR count). The fraction of sp³-hybridized carbons (Fsp3) is 0.296. The molecule has 0 N–H and O–H groups in total. The van der Waals surface area contributed by atoms with Gasteiger partial charge in [-0.1, -0.05) is 67.8 Å². The number of imidazole rings is 1. The molecule has 62 heavy (non-hydrogen) atoms. The molecule has 1 aliphatic carbocycles. The SMILES string of the molecule is O=C(Oc1ccc2ncccc2c1)c1ccc2c(nc(-c3ccc4nc(-c5cccc(CN6CCCC6)c5)ccc4c3)n2C2CCCCC2)c1-c1cccc(CN2CCCC2)c1. The number of hydrogen-bond acceptors (Lipinski definition) is 7. The van der Waals surface area contributed by atoms with Crippen LogP contribution in [0, 0.1) is 0 Å². The van der Waals surface area contributed by atoms with E-state index in [2.05, 4.69) is 104 Å². The van der Waals surface area contributed by atoms with Crippen LogP contribution in [0.3, 0.4) is 0 Å². The molecule has 8 heteroatoms. The summed E-state index contributed by atoms with van der Waals surface area (Å²) in [5, 5.41) is 1.99. The minimum Gasteiger partial charge on any atom is -0.423 e. The minimum absolute atomic E-state index is 0.297. The summed E-state index contributed by atoms with van der Waals surface area (Å²) in [4.78, 5) is 34.8. The maximum Gasteiger partial charge on any atom is 0.344 e. The molecule has 8 nitrogen and oxygen atoms in total. The van der Waals surface area contributed by atoms with Gasteiger partial charge in [-0.05, 0) is 154 Å². The number of carbonyl (C=O) groups excluding carboxylic acids is 1. The zero-order valence-electron chi connectivity index (χ0n) is 35.3. The molecular formula is C54H52N6O2. The van der Waals surface area contributed by atoms with Crippen LogP contribution in [-0.2, 0) is 13.1 Å². The largest absolute Gasteiger partial charge is 0.423 e. The van der Waals surface area contributed by atoms with Crippen molar-refractivity contribution in [2.75, 3.05) is 26.2 Å². The monoisotopic (exact) mass is 816 g/mol. The third-order valence-corrected chi connectivity index (χ3v) is 13.4. The molecule has 5 aromatic carbocycles. The Kier molecular flexibility index (Phi) is 10.6. The minimum atomic E-state index is -0.405. The summed E-state index contributed by atoms with van der Waals surface area (Å²) in [6.07, 6.45) is 12.6. The maximum absolute atomic E-state index is 14.5. The van der Waals surface area contributed by atoms with E-state index in [0.717, 1.165) is 106 Å². The lowest BCUT2D eigenvalue weighted by Crippen LogP contribution is -2.18. The molecule has 310 valence electrons. The third-order valence-electron chi connectivity index (χ3n) is 13.4. The first-order valence-electron chi connectivity index (χ1n) is 22.8. The third kappa shape index (κ3) is 7.78. The normalized spacial score (nSPS) is 16.5. The fourth-order valence-electron chi connectivity index (χ4n) is 10.3. The molecule has 2 saturated heterocycles. The number of esters is 1. The lowest BCUT2D eigenvalue weighted by molar-refractivity contribution is 0.0736. The Hall–Kier alpha value is -6.22. The number of hydrogen-bond donors (Lipinski definition) is 0. The number of aromatic nitrogens is 4. The number of nitrogens with zero attached hydrogens (tertiary/aromatic N) is 6. The van der Waals surface area contributed by atoms with Gasteiger partial charge in [-0.25, -0.2) is 14.8 Å². The summed E-state index contributed by atoms with van der Waals surface area (Å²) < 4.78 is 8.68. The van der Waals surface area contributed by atoms with Crippen molar-refractivity contribution < 1.29 is 9.53 Å². The van der Waals surface area contributed by atoms with Gasteiger partial charge >= 0.3 is 5.97 Å². The van der Waals surface area contributed by atoms with E-state index >= 15 is 0 Å². The van der Waals surface area contributed by atoms with Crippen molar-refractivity contribution in [2.45, 2.75) is 76.9 Å². The summed E-state index contributed by atoms with van der Waals surface area (Å²) in [6, 6.07) is 42.4.